The largest absolute Gasteiger partial charge is 0.456 e. The van der Waals surface area contributed by atoms with E-state index in [2.05, 4.69) is 25.1 Å². The fraction of sp³-hybridized carbons (Fsp3) is 0.278. The van der Waals surface area contributed by atoms with Crippen molar-refractivity contribution >= 4 is 11.8 Å². The fourth-order valence-electron chi connectivity index (χ4n) is 2.11. The van der Waals surface area contributed by atoms with Crippen LogP contribution in [-0.2, 0) is 6.42 Å². The van der Waals surface area contributed by atoms with E-state index in [1.807, 2.05) is 36.6 Å². The molecule has 0 fully saturated rings. The van der Waals surface area contributed by atoms with Gasteiger partial charge in [0.15, 0.2) is 0 Å². The average molecular weight is 297 g/mol. The Bertz CT molecular complexity index is 629. The lowest BCUT2D eigenvalue weighted by molar-refractivity contribution is 0.479. The van der Waals surface area contributed by atoms with E-state index < -0.39 is 0 Å². The van der Waals surface area contributed by atoms with Crippen LogP contribution < -0.4 is 4.74 Å². The number of hydrogen-bond donors (Lipinski definition) is 0. The maximum Gasteiger partial charge on any atom is 0.146 e. The lowest BCUT2D eigenvalue weighted by Crippen LogP contribution is -1.91. The van der Waals surface area contributed by atoms with Crippen molar-refractivity contribution in [1.29, 1.82) is 5.26 Å². The molecule has 0 N–H and O–H groups in total. The second kappa shape index (κ2) is 7.75. The smallest absolute Gasteiger partial charge is 0.146 e. The Kier molecular flexibility index (Phi) is 5.71. The number of nitriles is 1. The van der Waals surface area contributed by atoms with Gasteiger partial charge < -0.3 is 4.74 Å². The summed E-state index contributed by atoms with van der Waals surface area (Å²) in [6.45, 7) is 2.19. The van der Waals surface area contributed by atoms with Gasteiger partial charge in [-0.15, -0.1) is 11.8 Å². The summed E-state index contributed by atoms with van der Waals surface area (Å²) in [5.41, 5.74) is 1.92. The quantitative estimate of drug-likeness (QED) is 0.668. The van der Waals surface area contributed by atoms with Crippen LogP contribution in [0.4, 0.5) is 0 Å². The Labute approximate surface area is 130 Å². The molecule has 0 amide bonds. The second-order valence-corrected chi connectivity index (χ2v) is 5.64. The molecule has 2 rings (SSSR count). The highest BCUT2D eigenvalue weighted by molar-refractivity contribution is 7.98. The third-order valence-electron chi connectivity index (χ3n) is 3.29. The van der Waals surface area contributed by atoms with Crippen LogP contribution in [0.2, 0.25) is 0 Å². The molecule has 2 aromatic rings. The Morgan fingerprint density at radius 2 is 1.90 bits per heavy atom. The van der Waals surface area contributed by atoms with Gasteiger partial charge in [-0.25, -0.2) is 0 Å². The summed E-state index contributed by atoms with van der Waals surface area (Å²) < 4.78 is 5.87. The van der Waals surface area contributed by atoms with Gasteiger partial charge in [-0.1, -0.05) is 31.5 Å². The number of thioether (sulfide) groups is 1. The van der Waals surface area contributed by atoms with Crippen LogP contribution in [0.3, 0.4) is 0 Å². The van der Waals surface area contributed by atoms with Crippen LogP contribution in [0.25, 0.3) is 0 Å². The minimum absolute atomic E-state index is 0.597. The molecule has 0 aliphatic heterocycles. The van der Waals surface area contributed by atoms with Crippen LogP contribution >= 0.6 is 11.8 Å². The van der Waals surface area contributed by atoms with E-state index in [0.29, 0.717) is 11.3 Å². The van der Waals surface area contributed by atoms with Crippen molar-refractivity contribution < 1.29 is 4.74 Å². The molecule has 0 aliphatic carbocycles. The molecule has 2 aromatic carbocycles. The van der Waals surface area contributed by atoms with Crippen LogP contribution in [0.5, 0.6) is 11.5 Å². The summed E-state index contributed by atoms with van der Waals surface area (Å²) in [5.74, 6) is 1.38. The zero-order chi connectivity index (χ0) is 15.1. The van der Waals surface area contributed by atoms with Gasteiger partial charge in [0.2, 0.25) is 0 Å². The van der Waals surface area contributed by atoms with Crippen LogP contribution in [0.1, 0.15) is 30.9 Å². The van der Waals surface area contributed by atoms with Crippen molar-refractivity contribution in [3.63, 3.8) is 0 Å². The summed E-state index contributed by atoms with van der Waals surface area (Å²) in [5, 5.41) is 9.31. The van der Waals surface area contributed by atoms with Crippen molar-refractivity contribution in [1.82, 2.24) is 0 Å². The summed E-state index contributed by atoms with van der Waals surface area (Å²) in [6, 6.07) is 16.0. The lowest BCUT2D eigenvalue weighted by atomic mass is 10.1. The summed E-state index contributed by atoms with van der Waals surface area (Å²) >= 11 is 1.55. The van der Waals surface area contributed by atoms with Gasteiger partial charge in [-0.3, -0.25) is 0 Å². The number of benzene rings is 2. The fourth-order valence-corrected chi connectivity index (χ4v) is 2.67. The highest BCUT2D eigenvalue weighted by atomic mass is 32.2. The van der Waals surface area contributed by atoms with Crippen molar-refractivity contribution in [2.75, 3.05) is 6.26 Å². The van der Waals surface area contributed by atoms with Crippen LogP contribution in [-0.4, -0.2) is 6.26 Å². The number of nitrogens with zero attached hydrogens (tertiary/aromatic N) is 1. The molecule has 0 saturated carbocycles. The van der Waals surface area contributed by atoms with Gasteiger partial charge in [0.25, 0.3) is 0 Å². The summed E-state index contributed by atoms with van der Waals surface area (Å²) in [4.78, 5) is 0.939. The first-order chi connectivity index (χ1) is 10.3. The maximum atomic E-state index is 9.31. The van der Waals surface area contributed by atoms with Gasteiger partial charge in [0.05, 0.1) is 0 Å². The number of rotatable bonds is 6. The predicted molar refractivity (Wildman–Crippen MR) is 88.1 cm³/mol. The minimum atomic E-state index is 0.597. The SMILES string of the molecule is CCCCc1ccc(Oc2cccc(SC)c2C#N)cc1. The molecule has 0 bridgehead atoms. The molecular weight excluding hydrogens is 278 g/mol. The first-order valence-corrected chi connectivity index (χ1v) is 8.35. The van der Waals surface area contributed by atoms with E-state index in [1.165, 1.54) is 18.4 Å². The summed E-state index contributed by atoms with van der Waals surface area (Å²) in [6.07, 6.45) is 5.46. The zero-order valence-electron chi connectivity index (χ0n) is 12.4. The van der Waals surface area contributed by atoms with Gasteiger partial charge >= 0.3 is 0 Å². The predicted octanol–water partition coefficient (Wildman–Crippen LogP) is 5.42. The highest BCUT2D eigenvalue weighted by Crippen LogP contribution is 2.31. The van der Waals surface area contributed by atoms with E-state index in [-0.39, 0.29) is 0 Å². The molecule has 21 heavy (non-hydrogen) atoms. The minimum Gasteiger partial charge on any atom is -0.456 e. The highest BCUT2D eigenvalue weighted by Gasteiger charge is 2.09. The third kappa shape index (κ3) is 4.03. The van der Waals surface area contributed by atoms with Gasteiger partial charge in [0, 0.05) is 4.90 Å². The number of unbranched alkanes of at least 4 members (excludes halogenated alkanes) is 1. The molecule has 108 valence electrons. The molecule has 0 saturated heterocycles. The Hall–Kier alpha value is -1.92. The van der Waals surface area contributed by atoms with Gasteiger partial charge in [-0.05, 0) is 48.9 Å². The van der Waals surface area contributed by atoms with Gasteiger partial charge in [0.1, 0.15) is 23.1 Å². The van der Waals surface area contributed by atoms with Crippen LogP contribution in [0, 0.1) is 11.3 Å². The molecule has 0 aromatic heterocycles. The Balaban J connectivity index is 2.17. The van der Waals surface area contributed by atoms with E-state index in [9.17, 15) is 5.26 Å². The molecule has 0 radical (unpaired) electrons. The number of hydrogen-bond acceptors (Lipinski definition) is 3. The van der Waals surface area contributed by atoms with Crippen molar-refractivity contribution in [3.05, 3.63) is 53.6 Å². The molecular formula is C18H19NOS. The molecule has 3 heteroatoms. The Morgan fingerprint density at radius 1 is 1.14 bits per heavy atom. The standard InChI is InChI=1S/C18H19NOS/c1-3-4-6-14-9-11-15(12-10-14)20-17-7-5-8-18(21-2)16(17)13-19/h5,7-12H,3-4,6H2,1-2H3. The van der Waals surface area contributed by atoms with Crippen molar-refractivity contribution in [2.24, 2.45) is 0 Å². The first kappa shape index (κ1) is 15.5. The topological polar surface area (TPSA) is 33.0 Å². The summed E-state index contributed by atoms with van der Waals surface area (Å²) in [7, 11) is 0. The molecule has 2 nitrogen and oxygen atoms in total. The van der Waals surface area contributed by atoms with E-state index in [4.69, 9.17) is 4.74 Å². The molecule has 0 atom stereocenters. The monoisotopic (exact) mass is 297 g/mol. The Morgan fingerprint density at radius 3 is 2.52 bits per heavy atom. The molecule has 0 unspecified atom stereocenters. The molecule has 0 heterocycles. The van der Waals surface area contributed by atoms with Crippen LogP contribution in [0.15, 0.2) is 47.4 Å². The van der Waals surface area contributed by atoms with Crippen molar-refractivity contribution in [2.45, 2.75) is 31.1 Å². The maximum absolute atomic E-state index is 9.31. The second-order valence-electron chi connectivity index (χ2n) is 4.79. The normalized spacial score (nSPS) is 10.1. The molecule has 0 aliphatic rings. The first-order valence-electron chi connectivity index (χ1n) is 7.12. The van der Waals surface area contributed by atoms with E-state index >= 15 is 0 Å². The van der Waals surface area contributed by atoms with Crippen molar-refractivity contribution in [3.8, 4) is 17.6 Å². The lowest BCUT2D eigenvalue weighted by Gasteiger charge is -2.10. The van der Waals surface area contributed by atoms with E-state index in [1.54, 1.807) is 11.8 Å². The average Bonchev–Trinajstić information content (AvgIpc) is 2.54. The van der Waals surface area contributed by atoms with Gasteiger partial charge in [-0.2, -0.15) is 5.26 Å². The number of ether oxygens (including phenoxy) is 1. The van der Waals surface area contributed by atoms with E-state index in [0.717, 1.165) is 17.1 Å². The molecule has 0 spiro atoms. The third-order valence-corrected chi connectivity index (χ3v) is 4.07. The number of aryl methyl sites for hydroxylation is 1. The zero-order valence-corrected chi connectivity index (χ0v) is 13.2.